The summed E-state index contributed by atoms with van der Waals surface area (Å²) in [7, 11) is 1.64. The number of thioether (sulfide) groups is 1. The van der Waals surface area contributed by atoms with Gasteiger partial charge in [-0.3, -0.25) is 0 Å². The van der Waals surface area contributed by atoms with Gasteiger partial charge in [0.1, 0.15) is 11.8 Å². The molecule has 1 fully saturated rings. The van der Waals surface area contributed by atoms with Gasteiger partial charge in [-0.1, -0.05) is 5.16 Å². The topological polar surface area (TPSA) is 70.5 Å². The number of anilines is 1. The van der Waals surface area contributed by atoms with Crippen LogP contribution in [0.1, 0.15) is 12.8 Å². The lowest BCUT2D eigenvalue weighted by atomic mass is 10.1. The van der Waals surface area contributed by atoms with Gasteiger partial charge in [0.15, 0.2) is 11.5 Å². The molecule has 1 unspecified atom stereocenters. The maximum Gasteiger partial charge on any atom is 0.222 e. The highest BCUT2D eigenvalue weighted by atomic mass is 32.2. The predicted octanol–water partition coefficient (Wildman–Crippen LogP) is 3.21. The molecule has 5 nitrogen and oxygen atoms in total. The molecule has 3 rings (SSSR count). The summed E-state index contributed by atoms with van der Waals surface area (Å²) in [5, 5.41) is 3.93. The van der Waals surface area contributed by atoms with E-state index in [1.54, 1.807) is 13.2 Å². The van der Waals surface area contributed by atoms with Crippen molar-refractivity contribution in [2.24, 2.45) is 0 Å². The molecule has 0 aliphatic carbocycles. The van der Waals surface area contributed by atoms with E-state index in [1.165, 1.54) is 12.2 Å². The van der Waals surface area contributed by atoms with Crippen LogP contribution in [0.3, 0.4) is 0 Å². The Morgan fingerprint density at radius 2 is 2.24 bits per heavy atom. The van der Waals surface area contributed by atoms with Crippen LogP contribution >= 0.6 is 11.8 Å². The Labute approximate surface area is 127 Å². The molecule has 1 saturated heterocycles. The van der Waals surface area contributed by atoms with Crippen LogP contribution in [0.5, 0.6) is 11.5 Å². The second kappa shape index (κ2) is 6.30. The number of ether oxygens (including phenoxy) is 2. The van der Waals surface area contributed by atoms with Gasteiger partial charge in [0.05, 0.1) is 7.11 Å². The molecule has 1 aromatic heterocycles. The Hall–Kier alpha value is -1.82. The van der Waals surface area contributed by atoms with Gasteiger partial charge in [0, 0.05) is 17.4 Å². The molecule has 2 aromatic rings. The summed E-state index contributed by atoms with van der Waals surface area (Å²) < 4.78 is 16.4. The number of hydrogen-bond donors (Lipinski definition) is 1. The second-order valence-corrected chi connectivity index (χ2v) is 6.09. The number of nitrogen functional groups attached to an aromatic ring is 1. The van der Waals surface area contributed by atoms with Crippen LogP contribution in [-0.4, -0.2) is 29.9 Å². The molecule has 1 aliphatic heterocycles. The Balaban J connectivity index is 1.86. The van der Waals surface area contributed by atoms with Crippen molar-refractivity contribution in [1.82, 2.24) is 5.16 Å². The minimum Gasteiger partial charge on any atom is -0.493 e. The molecule has 1 atom stereocenters. The van der Waals surface area contributed by atoms with Crippen LogP contribution < -0.4 is 15.2 Å². The fraction of sp³-hybridized carbons (Fsp3) is 0.400. The summed E-state index contributed by atoms with van der Waals surface area (Å²) >= 11 is 1.93. The van der Waals surface area contributed by atoms with E-state index in [0.717, 1.165) is 29.2 Å². The van der Waals surface area contributed by atoms with Crippen LogP contribution in [0.15, 0.2) is 28.8 Å². The summed E-state index contributed by atoms with van der Waals surface area (Å²) in [6.45, 7) is 0. The third-order valence-corrected chi connectivity index (χ3v) is 4.58. The number of nitrogens with two attached hydrogens (primary N) is 1. The maximum atomic E-state index is 6.11. The zero-order valence-electron chi connectivity index (χ0n) is 11.9. The monoisotopic (exact) mass is 306 g/mol. The molecule has 112 valence electrons. The van der Waals surface area contributed by atoms with E-state index < -0.39 is 0 Å². The standard InChI is InChI=1S/C15H18N2O3S/c1-18-13-5-4-10(12-8-15(16)20-17-12)7-14(13)19-11-3-2-6-21-9-11/h4-5,7-8,11H,2-3,6,9,16H2,1H3. The lowest BCUT2D eigenvalue weighted by Gasteiger charge is -2.23. The van der Waals surface area contributed by atoms with Crippen molar-refractivity contribution in [1.29, 1.82) is 0 Å². The van der Waals surface area contributed by atoms with Gasteiger partial charge in [-0.15, -0.1) is 0 Å². The van der Waals surface area contributed by atoms with Crippen LogP contribution in [-0.2, 0) is 0 Å². The molecule has 21 heavy (non-hydrogen) atoms. The van der Waals surface area contributed by atoms with Crippen molar-refractivity contribution in [2.75, 3.05) is 24.3 Å². The highest BCUT2D eigenvalue weighted by molar-refractivity contribution is 7.99. The van der Waals surface area contributed by atoms with Crippen molar-refractivity contribution in [3.05, 3.63) is 24.3 Å². The molecule has 2 heterocycles. The van der Waals surface area contributed by atoms with E-state index in [0.29, 0.717) is 11.6 Å². The number of nitrogens with zero attached hydrogens (tertiary/aromatic N) is 1. The fourth-order valence-corrected chi connectivity index (χ4v) is 3.37. The minimum atomic E-state index is 0.232. The smallest absolute Gasteiger partial charge is 0.222 e. The first kappa shape index (κ1) is 14.1. The first-order valence-electron chi connectivity index (χ1n) is 6.91. The molecule has 6 heteroatoms. The van der Waals surface area contributed by atoms with E-state index in [1.807, 2.05) is 30.0 Å². The quantitative estimate of drug-likeness (QED) is 0.935. The minimum absolute atomic E-state index is 0.232. The molecule has 0 bridgehead atoms. The average molecular weight is 306 g/mol. The van der Waals surface area contributed by atoms with Crippen molar-refractivity contribution < 1.29 is 14.0 Å². The van der Waals surface area contributed by atoms with E-state index in [-0.39, 0.29) is 6.10 Å². The second-order valence-electron chi connectivity index (χ2n) is 4.94. The Kier molecular flexibility index (Phi) is 4.24. The van der Waals surface area contributed by atoms with Gasteiger partial charge in [-0.2, -0.15) is 11.8 Å². The van der Waals surface area contributed by atoms with Crippen molar-refractivity contribution in [3.8, 4) is 22.8 Å². The third kappa shape index (κ3) is 3.26. The average Bonchev–Trinajstić information content (AvgIpc) is 2.95. The van der Waals surface area contributed by atoms with E-state index in [4.69, 9.17) is 19.7 Å². The van der Waals surface area contributed by atoms with Crippen LogP contribution in [0.4, 0.5) is 5.88 Å². The molecular weight excluding hydrogens is 288 g/mol. The summed E-state index contributed by atoms with van der Waals surface area (Å²) in [6, 6.07) is 7.42. The van der Waals surface area contributed by atoms with Gasteiger partial charge in [-0.05, 0) is 36.8 Å². The van der Waals surface area contributed by atoms with Gasteiger partial charge < -0.3 is 19.7 Å². The maximum absolute atomic E-state index is 6.11. The van der Waals surface area contributed by atoms with E-state index in [2.05, 4.69) is 5.16 Å². The van der Waals surface area contributed by atoms with Crippen LogP contribution in [0, 0.1) is 0 Å². The van der Waals surface area contributed by atoms with Crippen LogP contribution in [0.25, 0.3) is 11.3 Å². The summed E-state index contributed by atoms with van der Waals surface area (Å²) in [6.07, 6.45) is 2.50. The first-order valence-corrected chi connectivity index (χ1v) is 8.07. The number of aromatic nitrogens is 1. The van der Waals surface area contributed by atoms with Gasteiger partial charge >= 0.3 is 0 Å². The zero-order valence-corrected chi connectivity index (χ0v) is 12.7. The summed E-state index contributed by atoms with van der Waals surface area (Å²) in [5.41, 5.74) is 7.16. The highest BCUT2D eigenvalue weighted by Gasteiger charge is 2.18. The fourth-order valence-electron chi connectivity index (χ4n) is 2.34. The van der Waals surface area contributed by atoms with Gasteiger partial charge in [0.2, 0.25) is 5.88 Å². The normalized spacial score (nSPS) is 18.4. The highest BCUT2D eigenvalue weighted by Crippen LogP contribution is 2.34. The van der Waals surface area contributed by atoms with Crippen LogP contribution in [0.2, 0.25) is 0 Å². The van der Waals surface area contributed by atoms with E-state index >= 15 is 0 Å². The number of hydrogen-bond acceptors (Lipinski definition) is 6. The van der Waals surface area contributed by atoms with Crippen molar-refractivity contribution in [3.63, 3.8) is 0 Å². The summed E-state index contributed by atoms with van der Waals surface area (Å²) in [4.78, 5) is 0. The Morgan fingerprint density at radius 3 is 2.90 bits per heavy atom. The number of rotatable bonds is 4. The lowest BCUT2D eigenvalue weighted by molar-refractivity contribution is 0.202. The molecule has 0 spiro atoms. The SMILES string of the molecule is COc1ccc(-c2cc(N)on2)cc1OC1CCCSC1. The number of methoxy groups -OCH3 is 1. The van der Waals surface area contributed by atoms with E-state index in [9.17, 15) is 0 Å². The number of benzene rings is 1. The zero-order chi connectivity index (χ0) is 14.7. The molecule has 0 saturated carbocycles. The van der Waals surface area contributed by atoms with Gasteiger partial charge in [-0.25, -0.2) is 0 Å². The Bertz CT molecular complexity index is 609. The molecule has 2 N–H and O–H groups in total. The molecular formula is C15H18N2O3S. The molecule has 1 aromatic carbocycles. The molecule has 1 aliphatic rings. The van der Waals surface area contributed by atoms with Crippen molar-refractivity contribution in [2.45, 2.75) is 18.9 Å². The first-order chi connectivity index (χ1) is 10.3. The molecule has 0 radical (unpaired) electrons. The Morgan fingerprint density at radius 1 is 1.33 bits per heavy atom. The summed E-state index contributed by atoms with van der Waals surface area (Å²) in [5.74, 6) is 4.00. The third-order valence-electron chi connectivity index (χ3n) is 3.40. The predicted molar refractivity (Wildman–Crippen MR) is 83.9 cm³/mol. The van der Waals surface area contributed by atoms with Crippen molar-refractivity contribution >= 4 is 17.6 Å². The molecule has 0 amide bonds. The van der Waals surface area contributed by atoms with Gasteiger partial charge in [0.25, 0.3) is 0 Å². The lowest BCUT2D eigenvalue weighted by Crippen LogP contribution is -2.23. The largest absolute Gasteiger partial charge is 0.493 e.